The monoisotopic (exact) mass is 284 g/mol. The van der Waals surface area contributed by atoms with Gasteiger partial charge in [0.1, 0.15) is 0 Å². The highest BCUT2D eigenvalue weighted by atomic mass is 16.5. The van der Waals surface area contributed by atoms with Crippen molar-refractivity contribution in [3.05, 3.63) is 0 Å². The maximum atomic E-state index is 11.9. The second-order valence-electron chi connectivity index (χ2n) is 6.14. The van der Waals surface area contributed by atoms with Gasteiger partial charge in [0, 0.05) is 25.8 Å². The van der Waals surface area contributed by atoms with Gasteiger partial charge in [-0.25, -0.2) is 4.79 Å². The van der Waals surface area contributed by atoms with Gasteiger partial charge in [0.05, 0.1) is 5.41 Å². The molecule has 0 aromatic heterocycles. The van der Waals surface area contributed by atoms with E-state index >= 15 is 0 Å². The molecule has 0 aromatic carbocycles. The summed E-state index contributed by atoms with van der Waals surface area (Å²) in [5.41, 5.74) is -0.876. The zero-order valence-electron chi connectivity index (χ0n) is 12.0. The summed E-state index contributed by atoms with van der Waals surface area (Å²) in [4.78, 5) is 23.3. The third-order valence-electron chi connectivity index (χ3n) is 4.52. The van der Waals surface area contributed by atoms with Crippen LogP contribution in [0.4, 0.5) is 4.79 Å². The van der Waals surface area contributed by atoms with E-state index in [1.165, 1.54) is 0 Å². The molecule has 6 heteroatoms. The molecule has 2 atom stereocenters. The lowest BCUT2D eigenvalue weighted by molar-refractivity contribution is -0.154. The van der Waals surface area contributed by atoms with Gasteiger partial charge in [-0.3, -0.25) is 4.79 Å². The number of urea groups is 1. The Morgan fingerprint density at radius 2 is 2.00 bits per heavy atom. The molecular formula is C14H24N2O4. The fraction of sp³-hybridized carbons (Fsp3) is 0.857. The number of carbonyl (C=O) groups excluding carboxylic acids is 1. The summed E-state index contributed by atoms with van der Waals surface area (Å²) in [7, 11) is 0. The topological polar surface area (TPSA) is 87.7 Å². The Morgan fingerprint density at radius 3 is 2.55 bits per heavy atom. The van der Waals surface area contributed by atoms with Crippen LogP contribution in [-0.4, -0.2) is 42.9 Å². The van der Waals surface area contributed by atoms with E-state index in [4.69, 9.17) is 4.74 Å². The second-order valence-corrected chi connectivity index (χ2v) is 6.14. The molecule has 6 nitrogen and oxygen atoms in total. The van der Waals surface area contributed by atoms with Crippen molar-refractivity contribution >= 4 is 12.0 Å². The summed E-state index contributed by atoms with van der Waals surface area (Å²) in [6.07, 6.45) is 4.05. The zero-order chi connectivity index (χ0) is 14.6. The van der Waals surface area contributed by atoms with Gasteiger partial charge < -0.3 is 20.5 Å². The average molecular weight is 284 g/mol. The van der Waals surface area contributed by atoms with Crippen LogP contribution in [0, 0.1) is 11.3 Å². The molecule has 3 N–H and O–H groups in total. The number of ether oxygens (including phenoxy) is 1. The first-order valence-electron chi connectivity index (χ1n) is 7.37. The average Bonchev–Trinajstić information content (AvgIpc) is 2.83. The first kappa shape index (κ1) is 15.1. The minimum Gasteiger partial charge on any atom is -0.481 e. The van der Waals surface area contributed by atoms with Crippen LogP contribution in [-0.2, 0) is 9.53 Å². The summed E-state index contributed by atoms with van der Waals surface area (Å²) in [5.74, 6) is -0.197. The van der Waals surface area contributed by atoms with Crippen LogP contribution in [0.3, 0.4) is 0 Å². The summed E-state index contributed by atoms with van der Waals surface area (Å²) >= 11 is 0. The number of nitrogens with one attached hydrogen (secondary N) is 2. The van der Waals surface area contributed by atoms with Crippen LogP contribution >= 0.6 is 0 Å². The van der Waals surface area contributed by atoms with Crippen LogP contribution in [0.15, 0.2) is 0 Å². The van der Waals surface area contributed by atoms with E-state index in [0.717, 1.165) is 19.3 Å². The molecule has 2 rings (SSSR count). The third-order valence-corrected chi connectivity index (χ3v) is 4.52. The van der Waals surface area contributed by atoms with Gasteiger partial charge in [-0.2, -0.15) is 0 Å². The van der Waals surface area contributed by atoms with E-state index in [0.29, 0.717) is 32.0 Å². The van der Waals surface area contributed by atoms with Gasteiger partial charge in [-0.1, -0.05) is 6.92 Å². The van der Waals surface area contributed by atoms with Crippen molar-refractivity contribution in [3.63, 3.8) is 0 Å². The van der Waals surface area contributed by atoms with E-state index in [1.807, 2.05) is 0 Å². The van der Waals surface area contributed by atoms with Gasteiger partial charge in [-0.15, -0.1) is 0 Å². The van der Waals surface area contributed by atoms with Crippen molar-refractivity contribution in [3.8, 4) is 0 Å². The standard InChI is InChI=1S/C14H24N2O4/c1-10-2-3-11(8-10)16-13(19)15-9-14(12(17)18)4-6-20-7-5-14/h10-11H,2-9H2,1H3,(H,17,18)(H2,15,16,19). The Morgan fingerprint density at radius 1 is 1.30 bits per heavy atom. The van der Waals surface area contributed by atoms with Gasteiger partial charge in [-0.05, 0) is 38.0 Å². The molecule has 20 heavy (non-hydrogen) atoms. The lowest BCUT2D eigenvalue weighted by Crippen LogP contribution is -2.50. The molecule has 0 aromatic rings. The molecule has 1 aliphatic heterocycles. The molecular weight excluding hydrogens is 260 g/mol. The maximum Gasteiger partial charge on any atom is 0.315 e. The Hall–Kier alpha value is -1.30. The van der Waals surface area contributed by atoms with Crippen LogP contribution < -0.4 is 10.6 Å². The van der Waals surface area contributed by atoms with Crippen molar-refractivity contribution in [1.82, 2.24) is 10.6 Å². The summed E-state index contributed by atoms with van der Waals surface area (Å²) in [5, 5.41) is 15.1. The van der Waals surface area contributed by atoms with Crippen LogP contribution in [0.5, 0.6) is 0 Å². The zero-order valence-corrected chi connectivity index (χ0v) is 12.0. The normalized spacial score (nSPS) is 28.9. The van der Waals surface area contributed by atoms with E-state index in [-0.39, 0.29) is 18.6 Å². The lowest BCUT2D eigenvalue weighted by atomic mass is 9.80. The van der Waals surface area contributed by atoms with Crippen LogP contribution in [0.1, 0.15) is 39.0 Å². The number of aliphatic carboxylic acids is 1. The van der Waals surface area contributed by atoms with E-state index in [1.54, 1.807) is 0 Å². The molecule has 0 bridgehead atoms. The molecule has 1 saturated heterocycles. The fourth-order valence-electron chi connectivity index (χ4n) is 3.05. The summed E-state index contributed by atoms with van der Waals surface area (Å²) in [6, 6.07) is -0.0308. The number of carbonyl (C=O) groups is 2. The first-order chi connectivity index (χ1) is 9.52. The van der Waals surface area contributed by atoms with Crippen molar-refractivity contribution in [2.75, 3.05) is 19.8 Å². The van der Waals surface area contributed by atoms with E-state index in [9.17, 15) is 14.7 Å². The predicted octanol–water partition coefficient (Wildman–Crippen LogP) is 1.36. The number of hydrogen-bond acceptors (Lipinski definition) is 3. The third kappa shape index (κ3) is 3.62. The quantitative estimate of drug-likeness (QED) is 0.727. The van der Waals surface area contributed by atoms with Gasteiger partial charge in [0.2, 0.25) is 0 Å². The minimum absolute atomic E-state index is 0.166. The molecule has 114 valence electrons. The molecule has 1 heterocycles. The van der Waals surface area contributed by atoms with Crippen LogP contribution in [0.2, 0.25) is 0 Å². The number of hydrogen-bond donors (Lipinski definition) is 3. The molecule has 2 aliphatic rings. The molecule has 1 saturated carbocycles. The molecule has 0 radical (unpaired) electrons. The maximum absolute atomic E-state index is 11.9. The number of rotatable bonds is 4. The van der Waals surface area contributed by atoms with Crippen molar-refractivity contribution in [1.29, 1.82) is 0 Å². The van der Waals surface area contributed by atoms with E-state index in [2.05, 4.69) is 17.6 Å². The fourth-order valence-corrected chi connectivity index (χ4v) is 3.05. The minimum atomic E-state index is -0.876. The predicted molar refractivity (Wildman–Crippen MR) is 73.5 cm³/mol. The van der Waals surface area contributed by atoms with Crippen molar-refractivity contribution < 1.29 is 19.4 Å². The largest absolute Gasteiger partial charge is 0.481 e. The molecule has 2 fully saturated rings. The first-order valence-corrected chi connectivity index (χ1v) is 7.37. The highest BCUT2D eigenvalue weighted by molar-refractivity contribution is 5.78. The Labute approximate surface area is 119 Å². The molecule has 0 spiro atoms. The Balaban J connectivity index is 1.80. The number of carboxylic acids is 1. The molecule has 2 amide bonds. The van der Waals surface area contributed by atoms with Gasteiger partial charge in [0.15, 0.2) is 0 Å². The van der Waals surface area contributed by atoms with Crippen molar-refractivity contribution in [2.45, 2.75) is 45.1 Å². The summed E-state index contributed by atoms with van der Waals surface area (Å²) < 4.78 is 5.21. The lowest BCUT2D eigenvalue weighted by Gasteiger charge is -2.33. The number of carboxylic acid groups (broad SMARTS) is 1. The second kappa shape index (κ2) is 6.43. The van der Waals surface area contributed by atoms with Crippen molar-refractivity contribution in [2.24, 2.45) is 11.3 Å². The smallest absolute Gasteiger partial charge is 0.315 e. The SMILES string of the molecule is CC1CCC(NC(=O)NCC2(C(=O)O)CCOCC2)C1. The Bertz CT molecular complexity index is 366. The van der Waals surface area contributed by atoms with Gasteiger partial charge >= 0.3 is 12.0 Å². The molecule has 2 unspecified atom stereocenters. The summed E-state index contributed by atoms with van der Waals surface area (Å²) in [6.45, 7) is 3.23. The number of amides is 2. The van der Waals surface area contributed by atoms with E-state index < -0.39 is 11.4 Å². The van der Waals surface area contributed by atoms with Gasteiger partial charge in [0.25, 0.3) is 0 Å². The Kier molecular flexibility index (Phi) is 4.86. The highest BCUT2D eigenvalue weighted by Gasteiger charge is 2.40. The molecule has 1 aliphatic carbocycles. The van der Waals surface area contributed by atoms with Crippen LogP contribution in [0.25, 0.3) is 0 Å². The highest BCUT2D eigenvalue weighted by Crippen LogP contribution is 2.30.